The Balaban J connectivity index is 2.02. The Morgan fingerprint density at radius 3 is 2.45 bits per heavy atom. The summed E-state index contributed by atoms with van der Waals surface area (Å²) in [5.41, 5.74) is 5.96. The summed E-state index contributed by atoms with van der Waals surface area (Å²) < 4.78 is 1.42. The molecule has 2 aromatic rings. The molecule has 104 valence electrons. The van der Waals surface area contributed by atoms with E-state index < -0.39 is 11.8 Å². The molecule has 0 saturated carbocycles. The van der Waals surface area contributed by atoms with Gasteiger partial charge in [0.2, 0.25) is 0 Å². The van der Waals surface area contributed by atoms with Crippen LogP contribution in [0.5, 0.6) is 0 Å². The second-order valence-electron chi connectivity index (χ2n) is 4.22. The molecule has 2 rings (SSSR count). The lowest BCUT2D eigenvalue weighted by Crippen LogP contribution is -2.42. The molecule has 0 saturated heterocycles. The Labute approximate surface area is 120 Å². The molecule has 0 spiro atoms. The van der Waals surface area contributed by atoms with Crippen LogP contribution in [0.15, 0.2) is 30.5 Å². The highest BCUT2D eigenvalue weighted by molar-refractivity contribution is 6.33. The van der Waals surface area contributed by atoms with Crippen molar-refractivity contribution < 1.29 is 9.59 Å². The highest BCUT2D eigenvalue weighted by atomic mass is 35.5. The average Bonchev–Trinajstić information content (AvgIpc) is 2.75. The minimum atomic E-state index is -0.572. The lowest BCUT2D eigenvalue weighted by Gasteiger charge is -2.08. The maximum absolute atomic E-state index is 11.9. The summed E-state index contributed by atoms with van der Waals surface area (Å²) in [7, 11) is 1.65. The fourth-order valence-electron chi connectivity index (χ4n) is 1.68. The van der Waals surface area contributed by atoms with Crippen LogP contribution in [0, 0.1) is 6.92 Å². The number of halogens is 1. The Morgan fingerprint density at radius 2 is 1.85 bits per heavy atom. The number of aryl methyl sites for hydroxylation is 2. The van der Waals surface area contributed by atoms with E-state index in [9.17, 15) is 9.59 Å². The smallest absolute Gasteiger partial charge is 0.273 e. The molecule has 1 aromatic heterocycles. The molecule has 7 heteroatoms. The molecule has 0 atom stereocenters. The Bertz CT molecular complexity index is 666. The van der Waals surface area contributed by atoms with Gasteiger partial charge < -0.3 is 0 Å². The molecule has 1 heterocycles. The third-order valence-electron chi connectivity index (χ3n) is 2.68. The van der Waals surface area contributed by atoms with Crippen molar-refractivity contribution in [2.45, 2.75) is 6.92 Å². The number of aromatic nitrogens is 2. The van der Waals surface area contributed by atoms with Crippen molar-refractivity contribution in [3.8, 4) is 0 Å². The fraction of sp³-hybridized carbons (Fsp3) is 0.154. The van der Waals surface area contributed by atoms with Gasteiger partial charge in [-0.3, -0.25) is 25.1 Å². The first-order chi connectivity index (χ1) is 9.49. The summed E-state index contributed by atoms with van der Waals surface area (Å²) in [5, 5.41) is 4.12. The van der Waals surface area contributed by atoms with E-state index in [1.807, 2.05) is 19.1 Å². The third kappa shape index (κ3) is 2.97. The van der Waals surface area contributed by atoms with E-state index in [0.29, 0.717) is 5.56 Å². The van der Waals surface area contributed by atoms with Gasteiger partial charge in [-0.15, -0.1) is 0 Å². The van der Waals surface area contributed by atoms with Crippen molar-refractivity contribution in [1.29, 1.82) is 0 Å². The van der Waals surface area contributed by atoms with Crippen LogP contribution >= 0.6 is 11.6 Å². The van der Waals surface area contributed by atoms with Gasteiger partial charge in [-0.2, -0.15) is 5.10 Å². The van der Waals surface area contributed by atoms with E-state index in [-0.39, 0.29) is 10.7 Å². The van der Waals surface area contributed by atoms with Crippen LogP contribution in [-0.2, 0) is 7.05 Å². The van der Waals surface area contributed by atoms with Crippen molar-refractivity contribution in [1.82, 2.24) is 20.6 Å². The largest absolute Gasteiger partial charge is 0.291 e. The molecule has 6 nitrogen and oxygen atoms in total. The number of rotatable bonds is 2. The van der Waals surface area contributed by atoms with Gasteiger partial charge in [0.15, 0.2) is 5.69 Å². The number of carbonyl (C=O) groups excluding carboxylic acids is 2. The summed E-state index contributed by atoms with van der Waals surface area (Å²) in [4.78, 5) is 23.7. The monoisotopic (exact) mass is 292 g/mol. The lowest BCUT2D eigenvalue weighted by atomic mass is 10.1. The highest BCUT2D eigenvalue weighted by Crippen LogP contribution is 2.12. The summed E-state index contributed by atoms with van der Waals surface area (Å²) in [6.07, 6.45) is 1.50. The number of hydrazine groups is 1. The number of benzene rings is 1. The van der Waals surface area contributed by atoms with Crippen molar-refractivity contribution in [3.05, 3.63) is 52.3 Å². The first kappa shape index (κ1) is 14.1. The van der Waals surface area contributed by atoms with Crippen molar-refractivity contribution in [2.24, 2.45) is 7.05 Å². The molecule has 1 aromatic carbocycles. The van der Waals surface area contributed by atoms with E-state index in [2.05, 4.69) is 16.0 Å². The van der Waals surface area contributed by atoms with Crippen molar-refractivity contribution >= 4 is 23.4 Å². The second kappa shape index (κ2) is 5.75. The van der Waals surface area contributed by atoms with Crippen molar-refractivity contribution in [3.63, 3.8) is 0 Å². The van der Waals surface area contributed by atoms with Crippen LogP contribution < -0.4 is 10.9 Å². The zero-order valence-electron chi connectivity index (χ0n) is 11.0. The number of amides is 2. The maximum Gasteiger partial charge on any atom is 0.291 e. The topological polar surface area (TPSA) is 76.0 Å². The Morgan fingerprint density at radius 1 is 1.20 bits per heavy atom. The van der Waals surface area contributed by atoms with Crippen LogP contribution in [-0.4, -0.2) is 21.6 Å². The van der Waals surface area contributed by atoms with Gasteiger partial charge in [0.25, 0.3) is 11.8 Å². The number of nitrogens with zero attached hydrogens (tertiary/aromatic N) is 2. The fourth-order valence-corrected chi connectivity index (χ4v) is 1.95. The highest BCUT2D eigenvalue weighted by Gasteiger charge is 2.16. The zero-order chi connectivity index (χ0) is 14.7. The predicted octanol–water partition coefficient (Wildman–Crippen LogP) is 1.46. The Kier molecular flexibility index (Phi) is 4.05. The van der Waals surface area contributed by atoms with Crippen molar-refractivity contribution in [2.75, 3.05) is 0 Å². The van der Waals surface area contributed by atoms with E-state index in [1.165, 1.54) is 10.9 Å². The quantitative estimate of drug-likeness (QED) is 0.823. The summed E-state index contributed by atoms with van der Waals surface area (Å²) in [6.45, 7) is 1.81. The van der Waals surface area contributed by atoms with Gasteiger partial charge in [-0.05, 0) is 18.6 Å². The number of hydrogen-bond donors (Lipinski definition) is 2. The summed E-state index contributed by atoms with van der Waals surface area (Å²) in [6, 6.07) is 7.06. The molecular weight excluding hydrogens is 280 g/mol. The predicted molar refractivity (Wildman–Crippen MR) is 74.3 cm³/mol. The molecule has 0 unspecified atom stereocenters. The molecule has 0 aliphatic rings. The van der Waals surface area contributed by atoms with Crippen LogP contribution in [0.3, 0.4) is 0 Å². The number of carbonyl (C=O) groups is 2. The van der Waals surface area contributed by atoms with E-state index in [0.717, 1.165) is 5.56 Å². The molecule has 0 radical (unpaired) electrons. The Hall–Kier alpha value is -2.34. The normalized spacial score (nSPS) is 10.2. The lowest BCUT2D eigenvalue weighted by molar-refractivity contribution is 0.0843. The maximum atomic E-state index is 11.9. The standard InChI is InChI=1S/C13H13ClN4O2/c1-8-5-3-4-6-9(8)12(19)15-16-13(20)11-10(14)7-18(2)17-11/h3-7H,1-2H3,(H,15,19)(H,16,20). The number of hydrogen-bond acceptors (Lipinski definition) is 3. The van der Waals surface area contributed by atoms with Gasteiger partial charge in [-0.1, -0.05) is 29.8 Å². The molecule has 2 N–H and O–H groups in total. The first-order valence-electron chi connectivity index (χ1n) is 5.84. The molecule has 0 fully saturated rings. The molecule has 0 bridgehead atoms. The van der Waals surface area contributed by atoms with Crippen LogP contribution in [0.25, 0.3) is 0 Å². The van der Waals surface area contributed by atoms with E-state index >= 15 is 0 Å². The van der Waals surface area contributed by atoms with Gasteiger partial charge >= 0.3 is 0 Å². The molecule has 0 aliphatic heterocycles. The third-order valence-corrected chi connectivity index (χ3v) is 2.96. The van der Waals surface area contributed by atoms with E-state index in [1.54, 1.807) is 19.2 Å². The van der Waals surface area contributed by atoms with E-state index in [4.69, 9.17) is 11.6 Å². The molecule has 20 heavy (non-hydrogen) atoms. The minimum Gasteiger partial charge on any atom is -0.273 e. The minimum absolute atomic E-state index is 0.0549. The van der Waals surface area contributed by atoms with Gasteiger partial charge in [-0.25, -0.2) is 0 Å². The zero-order valence-corrected chi connectivity index (χ0v) is 11.7. The number of nitrogens with one attached hydrogen (secondary N) is 2. The SMILES string of the molecule is Cc1ccccc1C(=O)NNC(=O)c1nn(C)cc1Cl. The molecule has 2 amide bonds. The van der Waals surface area contributed by atoms with Crippen LogP contribution in [0.4, 0.5) is 0 Å². The summed E-state index contributed by atoms with van der Waals surface area (Å²) >= 11 is 5.84. The van der Waals surface area contributed by atoms with Gasteiger partial charge in [0.1, 0.15) is 0 Å². The summed E-state index contributed by atoms with van der Waals surface area (Å²) in [5.74, 6) is -0.971. The second-order valence-corrected chi connectivity index (χ2v) is 4.63. The molecular formula is C13H13ClN4O2. The first-order valence-corrected chi connectivity index (χ1v) is 6.22. The van der Waals surface area contributed by atoms with Crippen LogP contribution in [0.1, 0.15) is 26.4 Å². The molecule has 0 aliphatic carbocycles. The van der Waals surface area contributed by atoms with Gasteiger partial charge in [0.05, 0.1) is 5.02 Å². The average molecular weight is 293 g/mol. The van der Waals surface area contributed by atoms with Crippen LogP contribution in [0.2, 0.25) is 5.02 Å². The van der Waals surface area contributed by atoms with Gasteiger partial charge in [0, 0.05) is 18.8 Å².